The first-order valence-electron chi connectivity index (χ1n) is 8.12. The number of hydrogen-bond donors (Lipinski definition) is 0. The van der Waals surface area contributed by atoms with Gasteiger partial charge in [-0.15, -0.1) is 0 Å². The summed E-state index contributed by atoms with van der Waals surface area (Å²) in [6.07, 6.45) is -0.846. The first kappa shape index (κ1) is 18.0. The molecule has 130 valence electrons. The van der Waals surface area contributed by atoms with Crippen LogP contribution >= 0.6 is 0 Å². The quantitative estimate of drug-likeness (QED) is 0.788. The largest absolute Gasteiger partial charge is 0.449 e. The van der Waals surface area contributed by atoms with Crippen LogP contribution in [0.25, 0.3) is 0 Å². The number of ether oxygens (including phenoxy) is 1. The van der Waals surface area contributed by atoms with Crippen molar-refractivity contribution in [2.75, 3.05) is 26.2 Å². The molecule has 24 heavy (non-hydrogen) atoms. The maximum atomic E-state index is 12.4. The second kappa shape index (κ2) is 7.47. The summed E-state index contributed by atoms with van der Waals surface area (Å²) in [4.78, 5) is 39.4. The summed E-state index contributed by atoms with van der Waals surface area (Å²) in [7, 11) is 0. The Morgan fingerprint density at radius 1 is 1.04 bits per heavy atom. The average molecular weight is 332 g/mol. The number of aryl methyl sites for hydroxylation is 2. The molecule has 0 aliphatic carbocycles. The highest BCUT2D eigenvalue weighted by atomic mass is 16.5. The number of benzene rings is 1. The molecule has 2 amide bonds. The standard InChI is InChI=1S/C18H24N2O4/c1-12-5-6-13(2)16(11-12)18(23)24-14(3)17(22)20-9-7-19(8-10-20)15(4)21/h5-6,11,14H,7-10H2,1-4H3/t14-/m1/s1. The summed E-state index contributed by atoms with van der Waals surface area (Å²) in [5, 5.41) is 0. The molecule has 1 aromatic carbocycles. The van der Waals surface area contributed by atoms with Gasteiger partial charge >= 0.3 is 5.97 Å². The molecular weight excluding hydrogens is 308 g/mol. The summed E-state index contributed by atoms with van der Waals surface area (Å²) < 4.78 is 5.35. The van der Waals surface area contributed by atoms with Crippen molar-refractivity contribution in [2.24, 2.45) is 0 Å². The Morgan fingerprint density at radius 3 is 2.21 bits per heavy atom. The zero-order valence-corrected chi connectivity index (χ0v) is 14.7. The molecule has 0 unspecified atom stereocenters. The highest BCUT2D eigenvalue weighted by Crippen LogP contribution is 2.14. The van der Waals surface area contributed by atoms with Gasteiger partial charge in [-0.05, 0) is 32.4 Å². The molecule has 1 atom stereocenters. The highest BCUT2D eigenvalue weighted by molar-refractivity contribution is 5.93. The van der Waals surface area contributed by atoms with E-state index in [0.717, 1.165) is 11.1 Å². The third-order valence-corrected chi connectivity index (χ3v) is 4.28. The number of hydrogen-bond acceptors (Lipinski definition) is 4. The van der Waals surface area contributed by atoms with Crippen molar-refractivity contribution in [1.29, 1.82) is 0 Å². The molecule has 0 spiro atoms. The molecule has 1 aliphatic heterocycles. The van der Waals surface area contributed by atoms with Gasteiger partial charge in [-0.1, -0.05) is 17.7 Å². The van der Waals surface area contributed by atoms with Crippen LogP contribution < -0.4 is 0 Å². The van der Waals surface area contributed by atoms with Gasteiger partial charge in [0.2, 0.25) is 5.91 Å². The van der Waals surface area contributed by atoms with Crippen molar-refractivity contribution in [1.82, 2.24) is 9.80 Å². The fourth-order valence-corrected chi connectivity index (χ4v) is 2.73. The second-order valence-corrected chi connectivity index (χ2v) is 6.20. The van der Waals surface area contributed by atoms with Crippen LogP contribution in [0.5, 0.6) is 0 Å². The van der Waals surface area contributed by atoms with Gasteiger partial charge in [-0.2, -0.15) is 0 Å². The minimum Gasteiger partial charge on any atom is -0.449 e. The van der Waals surface area contributed by atoms with Crippen molar-refractivity contribution in [3.8, 4) is 0 Å². The summed E-state index contributed by atoms with van der Waals surface area (Å²) in [5.74, 6) is -0.701. The van der Waals surface area contributed by atoms with E-state index >= 15 is 0 Å². The normalized spacial score (nSPS) is 15.8. The van der Waals surface area contributed by atoms with E-state index in [-0.39, 0.29) is 11.8 Å². The second-order valence-electron chi connectivity index (χ2n) is 6.20. The van der Waals surface area contributed by atoms with E-state index in [1.807, 2.05) is 26.0 Å². The van der Waals surface area contributed by atoms with Crippen LogP contribution in [0.15, 0.2) is 18.2 Å². The van der Waals surface area contributed by atoms with E-state index in [4.69, 9.17) is 4.74 Å². The number of piperazine rings is 1. The Bertz CT molecular complexity index is 648. The lowest BCUT2D eigenvalue weighted by atomic mass is 10.1. The van der Waals surface area contributed by atoms with E-state index in [0.29, 0.717) is 31.7 Å². The van der Waals surface area contributed by atoms with E-state index in [9.17, 15) is 14.4 Å². The molecule has 0 saturated carbocycles. The SMILES string of the molecule is CC(=O)N1CCN(C(=O)[C@@H](C)OC(=O)c2cc(C)ccc2C)CC1. The molecule has 0 bridgehead atoms. The Balaban J connectivity index is 1.95. The predicted octanol–water partition coefficient (Wildman–Crippen LogP) is 1.54. The van der Waals surface area contributed by atoms with Crippen molar-refractivity contribution < 1.29 is 19.1 Å². The summed E-state index contributed by atoms with van der Waals surface area (Å²) in [6, 6.07) is 5.55. The van der Waals surface area contributed by atoms with E-state index < -0.39 is 12.1 Å². The maximum Gasteiger partial charge on any atom is 0.339 e. The molecule has 0 aromatic heterocycles. The molecular formula is C18H24N2O4. The first-order chi connectivity index (χ1) is 11.3. The summed E-state index contributed by atoms with van der Waals surface area (Å²) in [5.41, 5.74) is 2.27. The highest BCUT2D eigenvalue weighted by Gasteiger charge is 2.28. The fraction of sp³-hybridized carbons (Fsp3) is 0.500. The third kappa shape index (κ3) is 4.13. The minimum atomic E-state index is -0.846. The predicted molar refractivity (Wildman–Crippen MR) is 89.6 cm³/mol. The van der Waals surface area contributed by atoms with Crippen molar-refractivity contribution >= 4 is 17.8 Å². The van der Waals surface area contributed by atoms with Gasteiger partial charge in [-0.25, -0.2) is 4.79 Å². The van der Waals surface area contributed by atoms with E-state index in [1.165, 1.54) is 6.92 Å². The van der Waals surface area contributed by atoms with Gasteiger partial charge in [0, 0.05) is 33.1 Å². The van der Waals surface area contributed by atoms with Gasteiger partial charge in [0.15, 0.2) is 6.10 Å². The van der Waals surface area contributed by atoms with Gasteiger partial charge in [0.05, 0.1) is 5.56 Å². The van der Waals surface area contributed by atoms with Crippen molar-refractivity contribution in [2.45, 2.75) is 33.8 Å². The number of amides is 2. The number of rotatable bonds is 3. The van der Waals surface area contributed by atoms with Crippen LogP contribution in [0, 0.1) is 13.8 Å². The first-order valence-corrected chi connectivity index (χ1v) is 8.12. The molecule has 1 fully saturated rings. The fourth-order valence-electron chi connectivity index (χ4n) is 2.73. The van der Waals surface area contributed by atoms with Gasteiger partial charge in [0.25, 0.3) is 5.91 Å². The van der Waals surface area contributed by atoms with Gasteiger partial charge in [0.1, 0.15) is 0 Å². The topological polar surface area (TPSA) is 66.9 Å². The van der Waals surface area contributed by atoms with Crippen LogP contribution in [-0.2, 0) is 14.3 Å². The molecule has 6 nitrogen and oxygen atoms in total. The lowest BCUT2D eigenvalue weighted by Crippen LogP contribution is -2.52. The number of carbonyl (C=O) groups excluding carboxylic acids is 3. The Hall–Kier alpha value is -2.37. The lowest BCUT2D eigenvalue weighted by Gasteiger charge is -2.35. The average Bonchev–Trinajstić information content (AvgIpc) is 2.56. The van der Waals surface area contributed by atoms with Crippen molar-refractivity contribution in [3.05, 3.63) is 34.9 Å². The molecule has 0 N–H and O–H groups in total. The Labute approximate surface area is 142 Å². The number of carbonyl (C=O) groups is 3. The maximum absolute atomic E-state index is 12.4. The van der Waals surface area contributed by atoms with Crippen LogP contribution in [-0.4, -0.2) is 59.9 Å². The van der Waals surface area contributed by atoms with Crippen LogP contribution in [0.1, 0.15) is 35.3 Å². The van der Waals surface area contributed by atoms with E-state index in [1.54, 1.807) is 22.8 Å². The lowest BCUT2D eigenvalue weighted by molar-refractivity contribution is -0.144. The van der Waals surface area contributed by atoms with Gasteiger partial charge in [-0.3, -0.25) is 9.59 Å². The van der Waals surface area contributed by atoms with Crippen LogP contribution in [0.3, 0.4) is 0 Å². The Morgan fingerprint density at radius 2 is 1.62 bits per heavy atom. The number of esters is 1. The number of nitrogens with zero attached hydrogens (tertiary/aromatic N) is 2. The minimum absolute atomic E-state index is 0.0106. The molecule has 6 heteroatoms. The van der Waals surface area contributed by atoms with Crippen LogP contribution in [0.4, 0.5) is 0 Å². The summed E-state index contributed by atoms with van der Waals surface area (Å²) >= 11 is 0. The Kier molecular flexibility index (Phi) is 5.59. The monoisotopic (exact) mass is 332 g/mol. The zero-order valence-electron chi connectivity index (χ0n) is 14.7. The zero-order chi connectivity index (χ0) is 17.9. The molecule has 1 heterocycles. The van der Waals surface area contributed by atoms with E-state index in [2.05, 4.69) is 0 Å². The molecule has 1 aromatic rings. The molecule has 1 saturated heterocycles. The molecule has 2 rings (SSSR count). The van der Waals surface area contributed by atoms with Crippen molar-refractivity contribution in [3.63, 3.8) is 0 Å². The van der Waals surface area contributed by atoms with Gasteiger partial charge < -0.3 is 14.5 Å². The molecule has 0 radical (unpaired) electrons. The third-order valence-electron chi connectivity index (χ3n) is 4.28. The molecule has 1 aliphatic rings. The smallest absolute Gasteiger partial charge is 0.339 e. The summed E-state index contributed by atoms with van der Waals surface area (Å²) in [6.45, 7) is 8.79. The van der Waals surface area contributed by atoms with Crippen LogP contribution in [0.2, 0.25) is 0 Å².